The van der Waals surface area contributed by atoms with Crippen LogP contribution >= 0.6 is 38.5 Å². The van der Waals surface area contributed by atoms with Crippen molar-refractivity contribution in [1.29, 1.82) is 0 Å². The van der Waals surface area contributed by atoms with Crippen LogP contribution in [0.3, 0.4) is 0 Å². The first-order chi connectivity index (χ1) is 12.2. The molecule has 0 aromatic heterocycles. The van der Waals surface area contributed by atoms with E-state index in [2.05, 4.69) is 122 Å². The van der Waals surface area contributed by atoms with Gasteiger partial charge in [0.05, 0.1) is 0 Å². The van der Waals surface area contributed by atoms with Crippen LogP contribution < -0.4 is 4.90 Å². The highest BCUT2D eigenvalue weighted by Gasteiger charge is 2.12. The summed E-state index contributed by atoms with van der Waals surface area (Å²) < 4.78 is 2.35. The molecule has 0 radical (unpaired) electrons. The number of hydrogen-bond donors (Lipinski definition) is 0. The first-order valence-electron chi connectivity index (χ1n) is 8.01. The predicted octanol–water partition coefficient (Wildman–Crippen LogP) is 7.68. The molecule has 0 amide bonds. The molecule has 25 heavy (non-hydrogen) atoms. The van der Waals surface area contributed by atoms with Gasteiger partial charge in [-0.3, -0.25) is 0 Å². The third kappa shape index (κ3) is 3.44. The van der Waals surface area contributed by atoms with E-state index in [1.807, 2.05) is 12.1 Å². The van der Waals surface area contributed by atoms with Crippen LogP contribution in [-0.2, 0) is 0 Å². The van der Waals surface area contributed by atoms with E-state index >= 15 is 0 Å². The second-order valence-corrected chi connectivity index (χ2v) is 7.82. The smallest absolute Gasteiger partial charge is 0.0468 e. The maximum Gasteiger partial charge on any atom is 0.0468 e. The molecule has 4 aromatic carbocycles. The third-order valence-corrected chi connectivity index (χ3v) is 6.44. The maximum atomic E-state index is 3.65. The fraction of sp³-hybridized carbons (Fsp3) is 0. The Morgan fingerprint density at radius 3 is 1.80 bits per heavy atom. The summed E-state index contributed by atoms with van der Waals surface area (Å²) in [5.74, 6) is 0. The molecular weight excluding hydrogens is 485 g/mol. The molecule has 0 heterocycles. The fourth-order valence-corrected chi connectivity index (χ4v) is 3.82. The Hall–Kier alpha value is -1.85. The zero-order valence-corrected chi connectivity index (χ0v) is 17.1. The summed E-state index contributed by atoms with van der Waals surface area (Å²) in [4.78, 5) is 2.28. The van der Waals surface area contributed by atoms with Gasteiger partial charge in [0.1, 0.15) is 0 Å². The van der Waals surface area contributed by atoms with Gasteiger partial charge in [-0.2, -0.15) is 0 Å². The molecular formula is C22H15BrIN. The lowest BCUT2D eigenvalue weighted by Crippen LogP contribution is -2.09. The van der Waals surface area contributed by atoms with Gasteiger partial charge < -0.3 is 4.90 Å². The van der Waals surface area contributed by atoms with Crippen LogP contribution in [0.2, 0.25) is 0 Å². The number of para-hydroxylation sites is 2. The predicted molar refractivity (Wildman–Crippen MR) is 119 cm³/mol. The van der Waals surface area contributed by atoms with Crippen molar-refractivity contribution in [2.24, 2.45) is 0 Å². The molecule has 0 bridgehead atoms. The van der Waals surface area contributed by atoms with Gasteiger partial charge >= 0.3 is 0 Å². The molecule has 0 fully saturated rings. The Kier molecular flexibility index (Phi) is 4.77. The highest BCUT2D eigenvalue weighted by Crippen LogP contribution is 2.36. The highest BCUT2D eigenvalue weighted by atomic mass is 127. The zero-order valence-electron chi connectivity index (χ0n) is 13.4. The number of hydrogen-bond acceptors (Lipinski definition) is 1. The van der Waals surface area contributed by atoms with Crippen molar-refractivity contribution < 1.29 is 0 Å². The molecule has 4 aromatic rings. The highest BCUT2D eigenvalue weighted by molar-refractivity contribution is 14.1. The van der Waals surface area contributed by atoms with Gasteiger partial charge in [0, 0.05) is 25.1 Å². The van der Waals surface area contributed by atoms with E-state index in [0.29, 0.717) is 0 Å². The van der Waals surface area contributed by atoms with Crippen molar-refractivity contribution in [2.75, 3.05) is 4.90 Å². The van der Waals surface area contributed by atoms with Crippen molar-refractivity contribution >= 4 is 66.4 Å². The van der Waals surface area contributed by atoms with Gasteiger partial charge in [0.25, 0.3) is 0 Å². The molecule has 0 N–H and O–H groups in total. The molecule has 4 rings (SSSR count). The first-order valence-corrected chi connectivity index (χ1v) is 9.88. The quantitative estimate of drug-likeness (QED) is 0.261. The van der Waals surface area contributed by atoms with Crippen LogP contribution in [-0.4, -0.2) is 0 Å². The molecule has 122 valence electrons. The lowest BCUT2D eigenvalue weighted by molar-refractivity contribution is 1.29. The second kappa shape index (κ2) is 7.18. The van der Waals surface area contributed by atoms with Crippen LogP contribution in [0.4, 0.5) is 17.1 Å². The second-order valence-electron chi connectivity index (χ2n) is 5.80. The summed E-state index contributed by atoms with van der Waals surface area (Å²) >= 11 is 6.00. The lowest BCUT2D eigenvalue weighted by atomic mass is 10.1. The van der Waals surface area contributed by atoms with E-state index in [4.69, 9.17) is 0 Å². The minimum atomic E-state index is 1.13. The Morgan fingerprint density at radius 1 is 0.600 bits per heavy atom. The number of anilines is 3. The Labute approximate surface area is 169 Å². The lowest BCUT2D eigenvalue weighted by Gasteiger charge is -2.25. The SMILES string of the molecule is Brc1cc2cc(N(c3ccccc3)c3ccccc3)ccc2cc1I. The molecule has 0 saturated carbocycles. The van der Waals surface area contributed by atoms with Crippen molar-refractivity contribution in [2.45, 2.75) is 0 Å². The van der Waals surface area contributed by atoms with Crippen LogP contribution in [0.15, 0.2) is 95.5 Å². The molecule has 0 unspecified atom stereocenters. The van der Waals surface area contributed by atoms with E-state index < -0.39 is 0 Å². The van der Waals surface area contributed by atoms with Crippen molar-refractivity contribution in [1.82, 2.24) is 0 Å². The Morgan fingerprint density at radius 2 is 1.20 bits per heavy atom. The molecule has 3 heteroatoms. The summed E-state index contributed by atoms with van der Waals surface area (Å²) in [5, 5.41) is 2.47. The molecule has 0 saturated heterocycles. The van der Waals surface area contributed by atoms with Gasteiger partial charge in [0.2, 0.25) is 0 Å². The molecule has 0 aliphatic rings. The van der Waals surface area contributed by atoms with Crippen LogP contribution in [0.5, 0.6) is 0 Å². The standard InChI is InChI=1S/C22H15BrIN/c23-21-14-17-13-20(12-11-16(17)15-22(21)24)25(18-7-3-1-4-8-18)19-9-5-2-6-10-19/h1-15H. The molecule has 0 aliphatic heterocycles. The molecule has 0 atom stereocenters. The van der Waals surface area contributed by atoms with Gasteiger partial charge in [-0.25, -0.2) is 0 Å². The summed E-state index contributed by atoms with van der Waals surface area (Å²) in [6.07, 6.45) is 0. The number of rotatable bonds is 3. The summed E-state index contributed by atoms with van der Waals surface area (Å²) in [5.41, 5.74) is 3.45. The van der Waals surface area contributed by atoms with E-state index in [1.54, 1.807) is 0 Å². The monoisotopic (exact) mass is 499 g/mol. The summed E-state index contributed by atoms with van der Waals surface area (Å²) in [7, 11) is 0. The molecule has 0 spiro atoms. The third-order valence-electron chi connectivity index (χ3n) is 4.15. The normalized spacial score (nSPS) is 10.8. The average molecular weight is 500 g/mol. The van der Waals surface area contributed by atoms with E-state index in [1.165, 1.54) is 14.3 Å². The number of nitrogens with zero attached hydrogens (tertiary/aromatic N) is 1. The zero-order chi connectivity index (χ0) is 17.2. The van der Waals surface area contributed by atoms with E-state index in [9.17, 15) is 0 Å². The summed E-state index contributed by atoms with van der Waals surface area (Å²) in [6.45, 7) is 0. The minimum Gasteiger partial charge on any atom is -0.310 e. The van der Waals surface area contributed by atoms with Crippen molar-refractivity contribution in [3.63, 3.8) is 0 Å². The van der Waals surface area contributed by atoms with Crippen LogP contribution in [0, 0.1) is 3.57 Å². The van der Waals surface area contributed by atoms with Crippen molar-refractivity contribution in [3.8, 4) is 0 Å². The van der Waals surface area contributed by atoms with Crippen molar-refractivity contribution in [3.05, 3.63) is 99.0 Å². The van der Waals surface area contributed by atoms with Gasteiger partial charge in [-0.05, 0) is 97.8 Å². The van der Waals surface area contributed by atoms with Gasteiger partial charge in [-0.1, -0.05) is 42.5 Å². The maximum absolute atomic E-state index is 3.65. The van der Waals surface area contributed by atoms with Crippen LogP contribution in [0.1, 0.15) is 0 Å². The first kappa shape index (κ1) is 16.6. The minimum absolute atomic E-state index is 1.13. The molecule has 0 aliphatic carbocycles. The van der Waals surface area contributed by atoms with E-state index in [0.717, 1.165) is 21.5 Å². The van der Waals surface area contributed by atoms with Crippen LogP contribution in [0.25, 0.3) is 10.8 Å². The number of fused-ring (bicyclic) bond motifs is 1. The number of benzene rings is 4. The van der Waals surface area contributed by atoms with Gasteiger partial charge in [-0.15, -0.1) is 0 Å². The molecule has 1 nitrogen and oxygen atoms in total. The number of halogens is 2. The largest absolute Gasteiger partial charge is 0.310 e. The Bertz CT molecular complexity index is 977. The average Bonchev–Trinajstić information content (AvgIpc) is 2.65. The fourth-order valence-electron chi connectivity index (χ4n) is 2.97. The van der Waals surface area contributed by atoms with Gasteiger partial charge in [0.15, 0.2) is 0 Å². The Balaban J connectivity index is 1.90. The summed E-state index contributed by atoms with van der Waals surface area (Å²) in [6, 6.07) is 32.0. The van der Waals surface area contributed by atoms with E-state index in [-0.39, 0.29) is 0 Å². The topological polar surface area (TPSA) is 3.24 Å².